The first-order valence-corrected chi connectivity index (χ1v) is 11.7. The third-order valence-corrected chi connectivity index (χ3v) is 9.15. The summed E-state index contributed by atoms with van der Waals surface area (Å²) in [6.45, 7) is 4.86. The lowest BCUT2D eigenvalue weighted by atomic mass is 9.48. The number of carbonyl (C=O) groups excluding carboxylic acids is 1. The molecule has 5 rings (SSSR count). The number of nitrogens with one attached hydrogen (secondary N) is 1. The molecule has 1 amide bonds. The highest BCUT2D eigenvalue weighted by Crippen LogP contribution is 2.64. The molecule has 1 aromatic rings. The molecule has 0 unspecified atom stereocenters. The second-order valence-electron chi connectivity index (χ2n) is 10.5. The number of allylic oxidation sites excluding steroid dienone is 1. The first kappa shape index (κ1) is 20.0. The normalized spacial score (nSPS) is 41.4. The molecule has 4 aliphatic carbocycles. The fourth-order valence-electron chi connectivity index (χ4n) is 7.39. The lowest BCUT2D eigenvalue weighted by molar-refractivity contribution is -0.0209. The van der Waals surface area contributed by atoms with E-state index < -0.39 is 0 Å². The Balaban J connectivity index is 1.36. The SMILES string of the molecule is C[C@]12CC[C@H](O)CC1=CC[C@H]1[C@H]2CC[C@]2(C)C(=NNC(=O)c3ccccc3)CC[C@H]12. The van der Waals surface area contributed by atoms with E-state index in [0.717, 1.165) is 44.4 Å². The number of carbonyl (C=O) groups is 1. The van der Waals surface area contributed by atoms with Gasteiger partial charge >= 0.3 is 0 Å². The summed E-state index contributed by atoms with van der Waals surface area (Å²) < 4.78 is 0. The van der Waals surface area contributed by atoms with Gasteiger partial charge in [0.05, 0.1) is 6.10 Å². The van der Waals surface area contributed by atoms with Crippen LogP contribution in [0.4, 0.5) is 0 Å². The Morgan fingerprint density at radius 1 is 1.07 bits per heavy atom. The third kappa shape index (κ3) is 3.07. The molecule has 0 radical (unpaired) electrons. The molecule has 0 spiro atoms. The predicted molar refractivity (Wildman–Crippen MR) is 119 cm³/mol. The van der Waals surface area contributed by atoms with Crippen LogP contribution in [0.25, 0.3) is 0 Å². The van der Waals surface area contributed by atoms with Gasteiger partial charge in [0.25, 0.3) is 5.91 Å². The van der Waals surface area contributed by atoms with E-state index in [2.05, 4.69) is 30.5 Å². The summed E-state index contributed by atoms with van der Waals surface area (Å²) in [5.41, 5.74) is 6.57. The van der Waals surface area contributed by atoms with Gasteiger partial charge in [-0.1, -0.05) is 43.7 Å². The van der Waals surface area contributed by atoms with Gasteiger partial charge in [-0.15, -0.1) is 0 Å². The summed E-state index contributed by atoms with van der Waals surface area (Å²) >= 11 is 0. The molecule has 3 saturated carbocycles. The van der Waals surface area contributed by atoms with E-state index in [0.29, 0.717) is 17.4 Å². The van der Waals surface area contributed by atoms with E-state index in [4.69, 9.17) is 0 Å². The fraction of sp³-hybridized carbons (Fsp3) is 0.615. The molecule has 0 aromatic heterocycles. The maximum absolute atomic E-state index is 12.5. The van der Waals surface area contributed by atoms with Crippen LogP contribution in [0.15, 0.2) is 47.1 Å². The van der Waals surface area contributed by atoms with Crippen LogP contribution in [0.3, 0.4) is 0 Å². The minimum absolute atomic E-state index is 0.0982. The van der Waals surface area contributed by atoms with Gasteiger partial charge in [-0.25, -0.2) is 5.43 Å². The molecule has 0 aliphatic heterocycles. The van der Waals surface area contributed by atoms with Crippen molar-refractivity contribution in [1.29, 1.82) is 0 Å². The number of benzene rings is 1. The molecule has 160 valence electrons. The molecule has 4 heteroatoms. The van der Waals surface area contributed by atoms with Crippen LogP contribution in [0.1, 0.15) is 75.6 Å². The number of aliphatic hydroxyl groups is 1. The van der Waals surface area contributed by atoms with Crippen molar-refractivity contribution in [3.8, 4) is 0 Å². The summed E-state index contributed by atoms with van der Waals surface area (Å²) in [5, 5.41) is 14.9. The number of amides is 1. The number of hydrogen-bond acceptors (Lipinski definition) is 3. The van der Waals surface area contributed by atoms with Crippen molar-refractivity contribution in [3.63, 3.8) is 0 Å². The highest BCUT2D eigenvalue weighted by atomic mass is 16.3. The predicted octanol–water partition coefficient (Wildman–Crippen LogP) is 5.10. The molecule has 0 bridgehead atoms. The van der Waals surface area contributed by atoms with E-state index in [-0.39, 0.29) is 22.8 Å². The maximum atomic E-state index is 12.5. The Hall–Kier alpha value is -1.94. The standard InChI is InChI=1S/C26H34N2O2/c1-25-14-12-19(29)16-18(25)8-9-20-21-10-11-23(26(21,2)15-13-22(20)25)27-28-24(30)17-6-4-3-5-7-17/h3-8,19-22,29H,9-16H2,1-2H3,(H,28,30)/t19-,20+,21+,22+,25-,26-/m0/s1. The molecule has 6 atom stereocenters. The van der Waals surface area contributed by atoms with Gasteiger partial charge in [-0.2, -0.15) is 5.10 Å². The summed E-state index contributed by atoms with van der Waals surface area (Å²) in [6, 6.07) is 9.33. The second kappa shape index (κ2) is 7.33. The number of fused-ring (bicyclic) bond motifs is 5. The first-order valence-electron chi connectivity index (χ1n) is 11.7. The molecule has 1 aromatic carbocycles. The largest absolute Gasteiger partial charge is 0.393 e. The van der Waals surface area contributed by atoms with E-state index in [1.807, 2.05) is 30.3 Å². The highest BCUT2D eigenvalue weighted by molar-refractivity contribution is 5.97. The summed E-state index contributed by atoms with van der Waals surface area (Å²) in [6.07, 6.45) is 11.0. The van der Waals surface area contributed by atoms with Gasteiger partial charge in [-0.05, 0) is 86.7 Å². The van der Waals surface area contributed by atoms with Crippen LogP contribution in [-0.2, 0) is 0 Å². The summed E-state index contributed by atoms with van der Waals surface area (Å²) in [5.74, 6) is 1.94. The van der Waals surface area contributed by atoms with Gasteiger partial charge in [0.15, 0.2) is 0 Å². The minimum atomic E-state index is -0.145. The summed E-state index contributed by atoms with van der Waals surface area (Å²) in [4.78, 5) is 12.5. The molecule has 4 nitrogen and oxygen atoms in total. The van der Waals surface area contributed by atoms with Crippen LogP contribution in [0.5, 0.6) is 0 Å². The van der Waals surface area contributed by atoms with Crippen molar-refractivity contribution in [2.75, 3.05) is 0 Å². The lowest BCUT2D eigenvalue weighted by Gasteiger charge is -2.57. The quantitative estimate of drug-likeness (QED) is 0.530. The molecule has 0 saturated heterocycles. The Morgan fingerprint density at radius 3 is 2.60 bits per heavy atom. The Kier molecular flexibility index (Phi) is 4.89. The van der Waals surface area contributed by atoms with Crippen molar-refractivity contribution < 1.29 is 9.90 Å². The number of hydrazone groups is 1. The van der Waals surface area contributed by atoms with Crippen molar-refractivity contribution >= 4 is 11.6 Å². The van der Waals surface area contributed by atoms with Crippen LogP contribution < -0.4 is 5.43 Å². The van der Waals surface area contributed by atoms with Gasteiger partial charge < -0.3 is 5.11 Å². The van der Waals surface area contributed by atoms with Crippen molar-refractivity contribution in [3.05, 3.63) is 47.5 Å². The van der Waals surface area contributed by atoms with E-state index in [1.54, 1.807) is 0 Å². The maximum Gasteiger partial charge on any atom is 0.271 e. The molecule has 3 fully saturated rings. The number of rotatable bonds is 2. The summed E-state index contributed by atoms with van der Waals surface area (Å²) in [7, 11) is 0. The lowest BCUT2D eigenvalue weighted by Crippen LogP contribution is -2.50. The van der Waals surface area contributed by atoms with Gasteiger partial charge in [0.1, 0.15) is 0 Å². The molecular weight excluding hydrogens is 372 g/mol. The van der Waals surface area contributed by atoms with Crippen LogP contribution >= 0.6 is 0 Å². The van der Waals surface area contributed by atoms with Gasteiger partial charge in [0, 0.05) is 16.7 Å². The van der Waals surface area contributed by atoms with Crippen molar-refractivity contribution in [1.82, 2.24) is 5.43 Å². The first-order chi connectivity index (χ1) is 14.4. The van der Waals surface area contributed by atoms with Crippen LogP contribution in [-0.4, -0.2) is 22.8 Å². The minimum Gasteiger partial charge on any atom is -0.393 e. The zero-order valence-electron chi connectivity index (χ0n) is 18.2. The molecule has 4 aliphatic rings. The van der Waals surface area contributed by atoms with E-state index in [1.165, 1.54) is 24.1 Å². The van der Waals surface area contributed by atoms with E-state index >= 15 is 0 Å². The van der Waals surface area contributed by atoms with Crippen LogP contribution in [0, 0.1) is 28.6 Å². The number of aliphatic hydroxyl groups excluding tert-OH is 1. The van der Waals surface area contributed by atoms with Crippen molar-refractivity contribution in [2.45, 2.75) is 71.3 Å². The zero-order chi connectivity index (χ0) is 20.9. The number of hydrogen-bond donors (Lipinski definition) is 2. The third-order valence-electron chi connectivity index (χ3n) is 9.15. The molecule has 30 heavy (non-hydrogen) atoms. The molecule has 2 N–H and O–H groups in total. The topological polar surface area (TPSA) is 61.7 Å². The monoisotopic (exact) mass is 406 g/mol. The second-order valence-corrected chi connectivity index (χ2v) is 10.5. The van der Waals surface area contributed by atoms with Crippen LogP contribution in [0.2, 0.25) is 0 Å². The number of nitrogens with zero attached hydrogens (tertiary/aromatic N) is 1. The smallest absolute Gasteiger partial charge is 0.271 e. The molecule has 0 heterocycles. The average molecular weight is 407 g/mol. The average Bonchev–Trinajstić information content (AvgIpc) is 3.09. The zero-order valence-corrected chi connectivity index (χ0v) is 18.2. The van der Waals surface area contributed by atoms with Gasteiger partial charge in [0.2, 0.25) is 0 Å². The Bertz CT molecular complexity index is 892. The van der Waals surface area contributed by atoms with Gasteiger partial charge in [-0.3, -0.25) is 4.79 Å². The Morgan fingerprint density at radius 2 is 1.80 bits per heavy atom. The fourth-order valence-corrected chi connectivity index (χ4v) is 7.39. The van der Waals surface area contributed by atoms with E-state index in [9.17, 15) is 9.90 Å². The van der Waals surface area contributed by atoms with Crippen molar-refractivity contribution in [2.24, 2.45) is 33.7 Å². The highest BCUT2D eigenvalue weighted by Gasteiger charge is 2.57. The Labute approximate surface area is 179 Å². The molecular formula is C26H34N2O2.